The Labute approximate surface area is 148 Å². The quantitative estimate of drug-likeness (QED) is 0.484. The van der Waals surface area contributed by atoms with Crippen molar-refractivity contribution >= 4 is 22.7 Å². The molecule has 1 heteroatoms. The molecule has 0 amide bonds. The summed E-state index contributed by atoms with van der Waals surface area (Å²) in [7, 11) is 0. The number of hydrogen-bond donors (Lipinski definition) is 0. The van der Waals surface area contributed by atoms with Crippen LogP contribution in [0.5, 0.6) is 0 Å². The maximum Gasteiger partial charge on any atom is 0.0447 e. The van der Waals surface area contributed by atoms with Crippen molar-refractivity contribution in [2.24, 2.45) is 0 Å². The van der Waals surface area contributed by atoms with E-state index in [2.05, 4.69) is 54.6 Å². The van der Waals surface area contributed by atoms with E-state index in [-0.39, 0.29) is 5.92 Å². The highest BCUT2D eigenvalue weighted by Gasteiger charge is 2.07. The molecule has 118 valence electrons. The van der Waals surface area contributed by atoms with E-state index >= 15 is 0 Å². The molecule has 0 nitrogen and oxygen atoms in total. The van der Waals surface area contributed by atoms with Crippen LogP contribution in [0.1, 0.15) is 22.6 Å². The summed E-state index contributed by atoms with van der Waals surface area (Å²) in [6, 6.07) is 30.8. The predicted molar refractivity (Wildman–Crippen MR) is 105 cm³/mol. The van der Waals surface area contributed by atoms with Crippen LogP contribution in [0.25, 0.3) is 11.1 Å². The van der Waals surface area contributed by atoms with Crippen molar-refractivity contribution in [3.63, 3.8) is 0 Å². The first-order valence-corrected chi connectivity index (χ1v) is 8.42. The lowest BCUT2D eigenvalue weighted by atomic mass is 9.96. The summed E-state index contributed by atoms with van der Waals surface area (Å²) in [5.41, 5.74) is 3.44. The number of allylic oxidation sites excluding steroid dienone is 2. The summed E-state index contributed by atoms with van der Waals surface area (Å²) in [5, 5.41) is 0.766. The maximum atomic E-state index is 6.56. The Bertz CT molecular complexity index is 802. The Morgan fingerprint density at radius 1 is 0.708 bits per heavy atom. The minimum atomic E-state index is 0.124. The van der Waals surface area contributed by atoms with Crippen LogP contribution in [0.4, 0.5) is 0 Å². The van der Waals surface area contributed by atoms with Crippen molar-refractivity contribution in [1.29, 1.82) is 0 Å². The Morgan fingerprint density at radius 3 is 1.88 bits per heavy atom. The second kappa shape index (κ2) is 8.33. The smallest absolute Gasteiger partial charge is 0.0447 e. The molecular weight excluding hydrogens is 312 g/mol. The number of hydrogen-bond acceptors (Lipinski definition) is 0. The van der Waals surface area contributed by atoms with Crippen molar-refractivity contribution < 1.29 is 0 Å². The topological polar surface area (TPSA) is 0 Å². The molecule has 0 aliphatic carbocycles. The zero-order valence-electron chi connectivity index (χ0n) is 13.3. The van der Waals surface area contributed by atoms with Gasteiger partial charge in [-0.2, -0.15) is 0 Å². The Kier molecular flexibility index (Phi) is 5.65. The van der Waals surface area contributed by atoms with Gasteiger partial charge < -0.3 is 0 Å². The van der Waals surface area contributed by atoms with Gasteiger partial charge in [0.1, 0.15) is 0 Å². The van der Waals surface area contributed by atoms with E-state index in [4.69, 9.17) is 11.6 Å². The second-order valence-electron chi connectivity index (χ2n) is 5.59. The van der Waals surface area contributed by atoms with Crippen LogP contribution < -0.4 is 0 Å². The first kappa shape index (κ1) is 16.3. The molecule has 0 spiro atoms. The third-order valence-corrected chi connectivity index (χ3v) is 4.20. The molecule has 3 aromatic carbocycles. The Hall–Kier alpha value is -2.57. The van der Waals surface area contributed by atoms with E-state index in [1.165, 1.54) is 11.1 Å². The zero-order chi connectivity index (χ0) is 16.6. The molecule has 0 aromatic heterocycles. The molecule has 0 saturated heterocycles. The van der Waals surface area contributed by atoms with Crippen molar-refractivity contribution in [2.75, 3.05) is 0 Å². The van der Waals surface area contributed by atoms with E-state index in [0.29, 0.717) is 0 Å². The molecule has 0 fully saturated rings. The molecular formula is C23H19Cl. The molecule has 0 heterocycles. The van der Waals surface area contributed by atoms with Gasteiger partial charge in [-0.3, -0.25) is 0 Å². The number of halogens is 1. The SMILES string of the molecule is ClC(=CC(/C=C/c1ccccc1)c1ccccc1)c1ccccc1. The molecule has 3 aromatic rings. The first-order valence-electron chi connectivity index (χ1n) is 8.04. The summed E-state index contributed by atoms with van der Waals surface area (Å²) in [4.78, 5) is 0. The van der Waals surface area contributed by atoms with Crippen molar-refractivity contribution in [3.05, 3.63) is 120 Å². The van der Waals surface area contributed by atoms with E-state index in [1.807, 2.05) is 54.6 Å². The van der Waals surface area contributed by atoms with Gasteiger partial charge in [0.05, 0.1) is 0 Å². The normalized spacial score (nSPS) is 13.1. The second-order valence-corrected chi connectivity index (χ2v) is 5.99. The Balaban J connectivity index is 1.92. The van der Waals surface area contributed by atoms with E-state index in [9.17, 15) is 0 Å². The highest BCUT2D eigenvalue weighted by atomic mass is 35.5. The van der Waals surface area contributed by atoms with Crippen molar-refractivity contribution in [1.82, 2.24) is 0 Å². The number of benzene rings is 3. The molecule has 1 unspecified atom stereocenters. The van der Waals surface area contributed by atoms with Gasteiger partial charge in [-0.25, -0.2) is 0 Å². The lowest BCUT2D eigenvalue weighted by Gasteiger charge is -2.10. The highest BCUT2D eigenvalue weighted by Crippen LogP contribution is 2.27. The van der Waals surface area contributed by atoms with Crippen molar-refractivity contribution in [2.45, 2.75) is 5.92 Å². The van der Waals surface area contributed by atoms with Gasteiger partial charge in [0.25, 0.3) is 0 Å². The summed E-state index contributed by atoms with van der Waals surface area (Å²) in [5.74, 6) is 0.124. The van der Waals surface area contributed by atoms with Crippen LogP contribution in [-0.2, 0) is 0 Å². The van der Waals surface area contributed by atoms with Crippen LogP contribution in [0.2, 0.25) is 0 Å². The minimum Gasteiger partial charge on any atom is -0.0840 e. The van der Waals surface area contributed by atoms with Crippen LogP contribution >= 0.6 is 11.6 Å². The molecule has 0 aliphatic rings. The van der Waals surface area contributed by atoms with E-state index in [0.717, 1.165) is 10.6 Å². The van der Waals surface area contributed by atoms with Gasteiger partial charge >= 0.3 is 0 Å². The average molecular weight is 331 g/mol. The summed E-state index contributed by atoms with van der Waals surface area (Å²) < 4.78 is 0. The minimum absolute atomic E-state index is 0.124. The highest BCUT2D eigenvalue weighted by molar-refractivity contribution is 6.48. The predicted octanol–water partition coefficient (Wildman–Crippen LogP) is 6.76. The van der Waals surface area contributed by atoms with Crippen LogP contribution in [0.15, 0.2) is 103 Å². The lowest BCUT2D eigenvalue weighted by Crippen LogP contribution is -1.92. The molecule has 0 radical (unpaired) electrons. The molecule has 0 saturated carbocycles. The fourth-order valence-corrected chi connectivity index (χ4v) is 2.83. The number of rotatable bonds is 5. The largest absolute Gasteiger partial charge is 0.0840 e. The molecule has 24 heavy (non-hydrogen) atoms. The molecule has 3 rings (SSSR count). The third-order valence-electron chi connectivity index (χ3n) is 3.86. The first-order chi connectivity index (χ1) is 11.8. The van der Waals surface area contributed by atoms with Crippen LogP contribution in [-0.4, -0.2) is 0 Å². The monoisotopic (exact) mass is 330 g/mol. The van der Waals surface area contributed by atoms with Gasteiger partial charge in [0.15, 0.2) is 0 Å². The van der Waals surface area contributed by atoms with Gasteiger partial charge in [-0.1, -0.05) is 121 Å². The van der Waals surface area contributed by atoms with E-state index in [1.54, 1.807) is 0 Å². The summed E-state index contributed by atoms with van der Waals surface area (Å²) in [6.07, 6.45) is 6.44. The zero-order valence-corrected chi connectivity index (χ0v) is 14.1. The standard InChI is InChI=1S/C23H19Cl/c24-23(21-14-8-3-9-15-21)18-22(20-12-6-2-7-13-20)17-16-19-10-4-1-5-11-19/h1-18,22H/b17-16+,23-18?. The third kappa shape index (κ3) is 4.47. The van der Waals surface area contributed by atoms with Crippen LogP contribution in [0.3, 0.4) is 0 Å². The molecule has 0 N–H and O–H groups in total. The maximum absolute atomic E-state index is 6.56. The van der Waals surface area contributed by atoms with Gasteiger partial charge in [-0.05, 0) is 16.7 Å². The molecule has 1 atom stereocenters. The fourth-order valence-electron chi connectivity index (χ4n) is 2.57. The van der Waals surface area contributed by atoms with E-state index < -0.39 is 0 Å². The van der Waals surface area contributed by atoms with Gasteiger partial charge in [-0.15, -0.1) is 0 Å². The van der Waals surface area contributed by atoms with Gasteiger partial charge in [0.2, 0.25) is 0 Å². The van der Waals surface area contributed by atoms with Crippen molar-refractivity contribution in [3.8, 4) is 0 Å². The fraction of sp³-hybridized carbons (Fsp3) is 0.0435. The Morgan fingerprint density at radius 2 is 1.25 bits per heavy atom. The van der Waals surface area contributed by atoms with Crippen LogP contribution in [0, 0.1) is 0 Å². The summed E-state index contributed by atoms with van der Waals surface area (Å²) >= 11 is 6.56. The molecule has 0 aliphatic heterocycles. The van der Waals surface area contributed by atoms with Gasteiger partial charge in [0, 0.05) is 11.0 Å². The average Bonchev–Trinajstić information content (AvgIpc) is 2.67. The molecule has 0 bridgehead atoms. The lowest BCUT2D eigenvalue weighted by molar-refractivity contribution is 1.09. The summed E-state index contributed by atoms with van der Waals surface area (Å²) in [6.45, 7) is 0.